The van der Waals surface area contributed by atoms with Gasteiger partial charge in [-0.25, -0.2) is 9.18 Å². The van der Waals surface area contributed by atoms with Crippen molar-refractivity contribution >= 4 is 16.7 Å². The Bertz CT molecular complexity index is 1400. The quantitative estimate of drug-likeness (QED) is 0.413. The van der Waals surface area contributed by atoms with E-state index in [4.69, 9.17) is 0 Å². The van der Waals surface area contributed by atoms with E-state index in [0.29, 0.717) is 22.9 Å². The average Bonchev–Trinajstić information content (AvgIpc) is 2.82. The van der Waals surface area contributed by atoms with Crippen LogP contribution in [0, 0.1) is 5.82 Å². The van der Waals surface area contributed by atoms with E-state index in [1.807, 2.05) is 30.3 Å². The smallest absolute Gasteiger partial charge is 0.294 e. The van der Waals surface area contributed by atoms with Crippen LogP contribution in [0.4, 0.5) is 4.39 Å². The number of carbonyl (C=O) groups excluding carboxylic acids is 1. The molecule has 0 saturated carbocycles. The molecule has 0 aliphatic rings. The molecule has 0 unspecified atom stereocenters. The van der Waals surface area contributed by atoms with E-state index in [1.165, 1.54) is 21.3 Å². The van der Waals surface area contributed by atoms with Crippen molar-refractivity contribution in [3.8, 4) is 0 Å². The lowest BCUT2D eigenvalue weighted by molar-refractivity contribution is 0.0987. The third-order valence-corrected chi connectivity index (χ3v) is 5.62. The fraction of sp³-hybridized carbons (Fsp3) is 0.192. The van der Waals surface area contributed by atoms with E-state index in [0.717, 1.165) is 5.56 Å². The number of rotatable bonds is 7. The summed E-state index contributed by atoms with van der Waals surface area (Å²) < 4.78 is 17.4. The second kappa shape index (κ2) is 9.14. The Kier molecular flexibility index (Phi) is 6.12. The summed E-state index contributed by atoms with van der Waals surface area (Å²) in [5, 5.41) is 0.401. The standard InChI is InChI=1S/C26H23FN2O3/c1-2-24(30)19-12-13-20(22(27)16-19)17-29-23-11-7-6-10-21(23)25(31)28(26(29)32)15-14-18-8-4-3-5-9-18/h3-13,16H,2,14-15,17H2,1H3. The first-order valence-electron chi connectivity index (χ1n) is 10.6. The molecule has 0 bridgehead atoms. The maximum atomic E-state index is 14.8. The molecular formula is C26H23FN2O3. The summed E-state index contributed by atoms with van der Waals surface area (Å²) in [7, 11) is 0. The van der Waals surface area contributed by atoms with Crippen LogP contribution in [0.15, 0.2) is 82.4 Å². The molecule has 162 valence electrons. The highest BCUT2D eigenvalue weighted by molar-refractivity contribution is 5.95. The number of nitrogens with zero attached hydrogens (tertiary/aromatic N) is 2. The second-order valence-electron chi connectivity index (χ2n) is 7.66. The van der Waals surface area contributed by atoms with Crippen molar-refractivity contribution in [2.45, 2.75) is 32.9 Å². The number of Topliss-reactive ketones (excluding diaryl/α,β-unsaturated/α-hetero) is 1. The molecule has 0 aliphatic carbocycles. The molecule has 1 aromatic heterocycles. The van der Waals surface area contributed by atoms with Gasteiger partial charge in [0.2, 0.25) is 0 Å². The van der Waals surface area contributed by atoms with Crippen LogP contribution in [0.1, 0.15) is 34.8 Å². The van der Waals surface area contributed by atoms with E-state index in [1.54, 1.807) is 37.3 Å². The van der Waals surface area contributed by atoms with Crippen LogP contribution in [-0.4, -0.2) is 14.9 Å². The van der Waals surface area contributed by atoms with Crippen molar-refractivity contribution < 1.29 is 9.18 Å². The highest BCUT2D eigenvalue weighted by Crippen LogP contribution is 2.16. The second-order valence-corrected chi connectivity index (χ2v) is 7.66. The van der Waals surface area contributed by atoms with Gasteiger partial charge in [0.25, 0.3) is 5.56 Å². The highest BCUT2D eigenvalue weighted by Gasteiger charge is 2.15. The largest absolute Gasteiger partial charge is 0.331 e. The van der Waals surface area contributed by atoms with Crippen molar-refractivity contribution in [1.82, 2.24) is 9.13 Å². The molecule has 0 N–H and O–H groups in total. The minimum Gasteiger partial charge on any atom is -0.294 e. The molecular weight excluding hydrogens is 407 g/mol. The zero-order valence-electron chi connectivity index (χ0n) is 17.8. The fourth-order valence-electron chi connectivity index (χ4n) is 3.83. The molecule has 1 heterocycles. The topological polar surface area (TPSA) is 61.1 Å². The van der Waals surface area contributed by atoms with Crippen LogP contribution in [0.2, 0.25) is 0 Å². The summed E-state index contributed by atoms with van der Waals surface area (Å²) in [6.45, 7) is 1.90. The summed E-state index contributed by atoms with van der Waals surface area (Å²) in [5.74, 6) is -0.699. The Hall–Kier alpha value is -3.80. The molecule has 32 heavy (non-hydrogen) atoms. The zero-order chi connectivity index (χ0) is 22.7. The van der Waals surface area contributed by atoms with Crippen molar-refractivity contribution in [3.05, 3.63) is 116 Å². The summed E-state index contributed by atoms with van der Waals surface area (Å²) in [4.78, 5) is 38.2. The first kappa shape index (κ1) is 21.4. The number of benzene rings is 3. The lowest BCUT2D eigenvalue weighted by atomic mass is 10.1. The number of ketones is 1. The SMILES string of the molecule is CCC(=O)c1ccc(Cn2c(=O)n(CCc3ccccc3)c(=O)c3ccccc32)c(F)c1. The molecule has 0 spiro atoms. The van der Waals surface area contributed by atoms with Gasteiger partial charge in [0.05, 0.1) is 17.4 Å². The summed E-state index contributed by atoms with van der Waals surface area (Å²) in [6, 6.07) is 20.8. The van der Waals surface area contributed by atoms with Gasteiger partial charge in [-0.2, -0.15) is 0 Å². The van der Waals surface area contributed by atoms with Gasteiger partial charge in [0.15, 0.2) is 5.78 Å². The molecule has 0 fully saturated rings. The maximum Gasteiger partial charge on any atom is 0.331 e. The third-order valence-electron chi connectivity index (χ3n) is 5.62. The molecule has 4 rings (SSSR count). The van der Waals surface area contributed by atoms with E-state index >= 15 is 0 Å². The average molecular weight is 430 g/mol. The molecule has 5 nitrogen and oxygen atoms in total. The molecule has 0 aliphatic heterocycles. The van der Waals surface area contributed by atoms with Gasteiger partial charge in [-0.1, -0.05) is 61.5 Å². The van der Waals surface area contributed by atoms with E-state index in [2.05, 4.69) is 0 Å². The Morgan fingerprint density at radius 1 is 0.906 bits per heavy atom. The van der Waals surface area contributed by atoms with E-state index < -0.39 is 11.5 Å². The predicted octanol–water partition coefficient (Wildman–Crippen LogP) is 4.19. The van der Waals surface area contributed by atoms with E-state index in [-0.39, 0.29) is 36.4 Å². The summed E-state index contributed by atoms with van der Waals surface area (Å²) in [6.07, 6.45) is 0.811. The molecule has 4 aromatic rings. The zero-order valence-corrected chi connectivity index (χ0v) is 17.8. The Balaban J connectivity index is 1.78. The number of aryl methyl sites for hydroxylation is 1. The van der Waals surface area contributed by atoms with Crippen molar-refractivity contribution in [2.24, 2.45) is 0 Å². The van der Waals surface area contributed by atoms with Gasteiger partial charge in [0, 0.05) is 24.1 Å². The Morgan fingerprint density at radius 2 is 1.62 bits per heavy atom. The minimum absolute atomic E-state index is 0.0443. The van der Waals surface area contributed by atoms with Crippen LogP contribution >= 0.6 is 0 Å². The lowest BCUT2D eigenvalue weighted by Crippen LogP contribution is -2.40. The predicted molar refractivity (Wildman–Crippen MR) is 123 cm³/mol. The van der Waals surface area contributed by atoms with E-state index in [9.17, 15) is 18.8 Å². The number of hydrogen-bond acceptors (Lipinski definition) is 3. The first-order valence-corrected chi connectivity index (χ1v) is 10.6. The normalized spacial score (nSPS) is 11.1. The molecule has 0 amide bonds. The Morgan fingerprint density at radius 3 is 2.34 bits per heavy atom. The summed E-state index contributed by atoms with van der Waals surface area (Å²) in [5.41, 5.74) is 1.20. The van der Waals surface area contributed by atoms with Gasteiger partial charge in [-0.3, -0.25) is 18.7 Å². The number of halogens is 1. The minimum atomic E-state index is -0.553. The van der Waals surface area contributed by atoms with Crippen molar-refractivity contribution in [1.29, 1.82) is 0 Å². The van der Waals surface area contributed by atoms with Crippen molar-refractivity contribution in [2.75, 3.05) is 0 Å². The number of para-hydroxylation sites is 1. The molecule has 3 aromatic carbocycles. The first-order chi connectivity index (χ1) is 15.5. The number of fused-ring (bicyclic) bond motifs is 1. The van der Waals surface area contributed by atoms with Gasteiger partial charge in [-0.05, 0) is 30.2 Å². The fourth-order valence-corrected chi connectivity index (χ4v) is 3.83. The molecule has 0 atom stereocenters. The van der Waals surface area contributed by atoms with Gasteiger partial charge >= 0.3 is 5.69 Å². The lowest BCUT2D eigenvalue weighted by Gasteiger charge is -2.15. The van der Waals surface area contributed by atoms with Gasteiger partial charge in [-0.15, -0.1) is 0 Å². The van der Waals surface area contributed by atoms with Crippen LogP contribution < -0.4 is 11.2 Å². The molecule has 0 radical (unpaired) electrons. The monoisotopic (exact) mass is 430 g/mol. The number of aromatic nitrogens is 2. The summed E-state index contributed by atoms with van der Waals surface area (Å²) >= 11 is 0. The van der Waals surface area contributed by atoms with Gasteiger partial charge < -0.3 is 0 Å². The molecule has 0 saturated heterocycles. The molecule has 6 heteroatoms. The van der Waals surface area contributed by atoms with Crippen LogP contribution in [0.5, 0.6) is 0 Å². The van der Waals surface area contributed by atoms with Crippen LogP contribution in [0.25, 0.3) is 10.9 Å². The van der Waals surface area contributed by atoms with Gasteiger partial charge in [0.1, 0.15) is 5.82 Å². The van der Waals surface area contributed by atoms with Crippen molar-refractivity contribution in [3.63, 3.8) is 0 Å². The highest BCUT2D eigenvalue weighted by atomic mass is 19.1. The third kappa shape index (κ3) is 4.17. The number of carbonyl (C=O) groups is 1. The number of hydrogen-bond donors (Lipinski definition) is 0. The maximum absolute atomic E-state index is 14.8. The van der Waals surface area contributed by atoms with Crippen LogP contribution in [0.3, 0.4) is 0 Å². The van der Waals surface area contributed by atoms with Crippen LogP contribution in [-0.2, 0) is 19.5 Å². The Labute approximate surface area is 184 Å².